The Labute approximate surface area is 177 Å². The van der Waals surface area contributed by atoms with Crippen molar-refractivity contribution in [3.8, 4) is 0 Å². The lowest BCUT2D eigenvalue weighted by atomic mass is 10.0. The quantitative estimate of drug-likeness (QED) is 0.497. The number of hydrazine groups is 1. The smallest absolute Gasteiger partial charge is 0.143 e. The van der Waals surface area contributed by atoms with Gasteiger partial charge < -0.3 is 20.0 Å². The van der Waals surface area contributed by atoms with E-state index in [-0.39, 0.29) is 0 Å². The molecule has 3 aromatic heterocycles. The number of pyridine rings is 2. The summed E-state index contributed by atoms with van der Waals surface area (Å²) in [5.74, 6) is 6.60. The van der Waals surface area contributed by atoms with Crippen LogP contribution in [0, 0.1) is 5.92 Å². The Morgan fingerprint density at radius 2 is 2.03 bits per heavy atom. The van der Waals surface area contributed by atoms with Gasteiger partial charge in [0.25, 0.3) is 0 Å². The standard InChI is InChI=1S/C23H30N6O/c1-14(2)19-6-5-18-21-20(11-17(12-26-21)22(15(3)24)28(4)25)29(23(18)27-19)13-16-7-9-30-10-8-16/h5-6,11-12,16H,1,7-10,13,24-25H2,2-4H3/b22-15-. The van der Waals surface area contributed by atoms with E-state index < -0.39 is 0 Å². The predicted octanol–water partition coefficient (Wildman–Crippen LogP) is 3.50. The van der Waals surface area contributed by atoms with Crippen LogP contribution in [0.5, 0.6) is 0 Å². The summed E-state index contributed by atoms with van der Waals surface area (Å²) in [6.07, 6.45) is 3.93. The molecule has 30 heavy (non-hydrogen) atoms. The Balaban J connectivity index is 1.95. The molecular formula is C23H30N6O. The van der Waals surface area contributed by atoms with Gasteiger partial charge in [-0.05, 0) is 56.4 Å². The van der Waals surface area contributed by atoms with Crippen LogP contribution in [0.3, 0.4) is 0 Å². The molecule has 4 N–H and O–H groups in total. The molecule has 1 saturated heterocycles. The van der Waals surface area contributed by atoms with E-state index in [4.69, 9.17) is 26.3 Å². The van der Waals surface area contributed by atoms with Gasteiger partial charge in [0.15, 0.2) is 0 Å². The molecule has 3 aromatic rings. The van der Waals surface area contributed by atoms with E-state index in [1.807, 2.05) is 26.1 Å². The summed E-state index contributed by atoms with van der Waals surface area (Å²) in [4.78, 5) is 9.75. The number of aromatic nitrogens is 3. The highest BCUT2D eigenvalue weighted by Gasteiger charge is 2.21. The summed E-state index contributed by atoms with van der Waals surface area (Å²) < 4.78 is 7.85. The van der Waals surface area contributed by atoms with E-state index in [0.717, 1.165) is 77.2 Å². The van der Waals surface area contributed by atoms with Gasteiger partial charge in [-0.3, -0.25) is 4.98 Å². The number of rotatable bonds is 5. The third-order valence-electron chi connectivity index (χ3n) is 5.76. The van der Waals surface area contributed by atoms with Crippen LogP contribution in [0.2, 0.25) is 0 Å². The second-order valence-electron chi connectivity index (χ2n) is 8.25. The van der Waals surface area contributed by atoms with Gasteiger partial charge in [0.2, 0.25) is 0 Å². The molecule has 0 bridgehead atoms. The molecule has 7 nitrogen and oxygen atoms in total. The van der Waals surface area contributed by atoms with E-state index in [0.29, 0.717) is 11.6 Å². The molecule has 0 atom stereocenters. The highest BCUT2D eigenvalue weighted by Crippen LogP contribution is 2.32. The molecule has 4 rings (SSSR count). The summed E-state index contributed by atoms with van der Waals surface area (Å²) in [6.45, 7) is 10.4. The van der Waals surface area contributed by atoms with Gasteiger partial charge >= 0.3 is 0 Å². The molecule has 0 unspecified atom stereocenters. The molecule has 1 fully saturated rings. The van der Waals surface area contributed by atoms with Gasteiger partial charge in [-0.25, -0.2) is 10.8 Å². The minimum absolute atomic E-state index is 0.542. The number of allylic oxidation sites excluding steroid dienone is 2. The molecule has 0 aliphatic carbocycles. The maximum atomic E-state index is 6.12. The molecule has 158 valence electrons. The van der Waals surface area contributed by atoms with Crippen molar-refractivity contribution in [2.75, 3.05) is 20.3 Å². The van der Waals surface area contributed by atoms with Crippen molar-refractivity contribution < 1.29 is 4.74 Å². The van der Waals surface area contributed by atoms with Crippen molar-refractivity contribution in [1.29, 1.82) is 0 Å². The Morgan fingerprint density at radius 3 is 2.67 bits per heavy atom. The van der Waals surface area contributed by atoms with E-state index >= 15 is 0 Å². The van der Waals surface area contributed by atoms with Crippen LogP contribution in [-0.4, -0.2) is 39.8 Å². The van der Waals surface area contributed by atoms with Gasteiger partial charge in [0, 0.05) is 49.6 Å². The van der Waals surface area contributed by atoms with Gasteiger partial charge in [0.1, 0.15) is 5.65 Å². The maximum absolute atomic E-state index is 6.12. The number of nitrogens with two attached hydrogens (primary N) is 2. The highest BCUT2D eigenvalue weighted by molar-refractivity contribution is 6.05. The molecule has 7 heteroatoms. The lowest BCUT2D eigenvalue weighted by Gasteiger charge is -2.23. The average molecular weight is 407 g/mol. The van der Waals surface area contributed by atoms with Gasteiger partial charge in [0.05, 0.1) is 22.4 Å². The van der Waals surface area contributed by atoms with Crippen molar-refractivity contribution in [2.24, 2.45) is 17.5 Å². The first kappa shape index (κ1) is 20.4. The fourth-order valence-corrected chi connectivity index (χ4v) is 4.27. The fraction of sp³-hybridized carbons (Fsp3) is 0.391. The Bertz CT molecular complexity index is 1130. The van der Waals surface area contributed by atoms with Crippen LogP contribution < -0.4 is 11.6 Å². The first-order valence-corrected chi connectivity index (χ1v) is 10.3. The number of hydrogen-bond acceptors (Lipinski definition) is 6. The summed E-state index contributed by atoms with van der Waals surface area (Å²) in [5, 5.41) is 2.59. The molecule has 1 aliphatic heterocycles. The highest BCUT2D eigenvalue weighted by atomic mass is 16.5. The molecule has 0 amide bonds. The minimum atomic E-state index is 0.542. The third kappa shape index (κ3) is 3.66. The van der Waals surface area contributed by atoms with E-state index in [1.54, 1.807) is 12.1 Å². The van der Waals surface area contributed by atoms with Crippen LogP contribution in [0.1, 0.15) is 37.9 Å². The van der Waals surface area contributed by atoms with E-state index in [2.05, 4.69) is 23.3 Å². The fourth-order valence-electron chi connectivity index (χ4n) is 4.27. The van der Waals surface area contributed by atoms with Crippen molar-refractivity contribution in [1.82, 2.24) is 19.5 Å². The lowest BCUT2D eigenvalue weighted by Crippen LogP contribution is -2.26. The van der Waals surface area contributed by atoms with Crippen molar-refractivity contribution in [2.45, 2.75) is 33.2 Å². The number of hydrogen-bond donors (Lipinski definition) is 2. The zero-order valence-electron chi connectivity index (χ0n) is 18.0. The number of fused-ring (bicyclic) bond motifs is 3. The second kappa shape index (κ2) is 8.08. The van der Waals surface area contributed by atoms with Crippen LogP contribution in [0.25, 0.3) is 33.3 Å². The second-order valence-corrected chi connectivity index (χ2v) is 8.25. The van der Waals surface area contributed by atoms with Crippen molar-refractivity contribution in [3.05, 3.63) is 47.9 Å². The van der Waals surface area contributed by atoms with Crippen LogP contribution in [0.15, 0.2) is 36.7 Å². The average Bonchev–Trinajstić information content (AvgIpc) is 3.01. The largest absolute Gasteiger partial charge is 0.401 e. The maximum Gasteiger partial charge on any atom is 0.143 e. The molecule has 0 spiro atoms. The Kier molecular flexibility index (Phi) is 5.49. The van der Waals surface area contributed by atoms with E-state index in [1.165, 1.54) is 0 Å². The zero-order valence-corrected chi connectivity index (χ0v) is 18.0. The summed E-state index contributed by atoms with van der Waals surface area (Å²) in [6, 6.07) is 6.24. The summed E-state index contributed by atoms with van der Waals surface area (Å²) in [5.41, 5.74) is 13.2. The minimum Gasteiger partial charge on any atom is -0.401 e. The van der Waals surface area contributed by atoms with Crippen molar-refractivity contribution >= 4 is 33.3 Å². The van der Waals surface area contributed by atoms with Crippen LogP contribution in [-0.2, 0) is 11.3 Å². The molecule has 1 aliphatic rings. The van der Waals surface area contributed by atoms with Gasteiger partial charge in [-0.2, -0.15) is 0 Å². The SMILES string of the molecule is C=C(C)c1ccc2c3ncc(/C(=C(\C)N)N(C)N)cc3n(CC3CCOCC3)c2n1. The summed E-state index contributed by atoms with van der Waals surface area (Å²) >= 11 is 0. The van der Waals surface area contributed by atoms with Gasteiger partial charge in [-0.1, -0.05) is 6.58 Å². The molecule has 0 radical (unpaired) electrons. The van der Waals surface area contributed by atoms with Gasteiger partial charge in [-0.15, -0.1) is 0 Å². The topological polar surface area (TPSA) is 95.2 Å². The monoisotopic (exact) mass is 406 g/mol. The number of nitrogens with zero attached hydrogens (tertiary/aromatic N) is 4. The van der Waals surface area contributed by atoms with Crippen molar-refractivity contribution in [3.63, 3.8) is 0 Å². The third-order valence-corrected chi connectivity index (χ3v) is 5.76. The molecule has 0 aromatic carbocycles. The lowest BCUT2D eigenvalue weighted by molar-refractivity contribution is 0.0619. The zero-order chi connectivity index (χ0) is 21.4. The predicted molar refractivity (Wildman–Crippen MR) is 122 cm³/mol. The summed E-state index contributed by atoms with van der Waals surface area (Å²) in [7, 11) is 1.79. The van der Waals surface area contributed by atoms with Crippen LogP contribution >= 0.6 is 0 Å². The molecule has 4 heterocycles. The normalized spacial score (nSPS) is 16.1. The first-order chi connectivity index (χ1) is 14.4. The molecule has 0 saturated carbocycles. The van der Waals surface area contributed by atoms with Crippen LogP contribution in [0.4, 0.5) is 0 Å². The Hall–Kier alpha value is -2.90. The number of ether oxygens (including phenoxy) is 1. The Morgan fingerprint density at radius 1 is 1.30 bits per heavy atom. The van der Waals surface area contributed by atoms with E-state index in [9.17, 15) is 0 Å². The first-order valence-electron chi connectivity index (χ1n) is 10.3. The molecular weight excluding hydrogens is 376 g/mol.